The Labute approximate surface area is 161 Å². The van der Waals surface area contributed by atoms with Gasteiger partial charge in [-0.2, -0.15) is 52.7 Å². The van der Waals surface area contributed by atoms with E-state index in [9.17, 15) is 57.5 Å². The predicted molar refractivity (Wildman–Crippen MR) is 77.3 cm³/mol. The zero-order valence-electron chi connectivity index (χ0n) is 14.6. The monoisotopic (exact) mass is 477 g/mol. The van der Waals surface area contributed by atoms with Gasteiger partial charge in [0.1, 0.15) is 0 Å². The first-order valence-corrected chi connectivity index (χ1v) is 8.35. The van der Waals surface area contributed by atoms with Gasteiger partial charge < -0.3 is 5.32 Å². The van der Waals surface area contributed by atoms with E-state index in [4.69, 9.17) is 0 Å². The van der Waals surface area contributed by atoms with Gasteiger partial charge >= 0.3 is 35.0 Å². The van der Waals surface area contributed by atoms with Crippen LogP contribution in [-0.4, -0.2) is 47.4 Å². The van der Waals surface area contributed by atoms with Crippen LogP contribution in [0.5, 0.6) is 0 Å². The number of carbonyl (C=O) groups is 1. The van der Waals surface area contributed by atoms with Crippen LogP contribution >= 0.6 is 11.6 Å². The Morgan fingerprint density at radius 2 is 1.10 bits per heavy atom. The molecule has 0 rings (SSSR count). The van der Waals surface area contributed by atoms with Crippen molar-refractivity contribution in [1.29, 1.82) is 0 Å². The van der Waals surface area contributed by atoms with E-state index in [0.717, 1.165) is 11.7 Å². The third-order valence-corrected chi connectivity index (χ3v) is 4.02. The topological polar surface area (TPSA) is 29.1 Å². The number of unbranched alkanes of at least 4 members (excludes halogenated alkanes) is 4. The average Bonchev–Trinajstić information content (AvgIpc) is 2.55. The molecule has 2 nitrogen and oxygen atoms in total. The maximum Gasteiger partial charge on any atom is 0.393 e. The number of carbonyl (C=O) groups excluding carboxylic acids is 1. The van der Waals surface area contributed by atoms with Crippen molar-refractivity contribution in [3.8, 4) is 0 Å². The van der Waals surface area contributed by atoms with Gasteiger partial charge in [0.15, 0.2) is 0 Å². The van der Waals surface area contributed by atoms with Gasteiger partial charge in [0.2, 0.25) is 0 Å². The van der Waals surface area contributed by atoms with Gasteiger partial charge in [0, 0.05) is 6.54 Å². The number of rotatable bonds is 12. The van der Waals surface area contributed by atoms with Gasteiger partial charge in [-0.3, -0.25) is 4.79 Å². The minimum Gasteiger partial charge on any atom is -0.351 e. The lowest BCUT2D eigenvalue weighted by atomic mass is 9.94. The second kappa shape index (κ2) is 8.96. The first kappa shape index (κ1) is 27.9. The summed E-state index contributed by atoms with van der Waals surface area (Å²) in [6.07, 6.45) is 2.23. The van der Waals surface area contributed by atoms with Crippen molar-refractivity contribution >= 4 is 17.5 Å². The summed E-state index contributed by atoms with van der Waals surface area (Å²) >= 11 is 3.55. The highest BCUT2D eigenvalue weighted by molar-refractivity contribution is 6.22. The van der Waals surface area contributed by atoms with Crippen LogP contribution in [0.1, 0.15) is 39.0 Å². The number of hydrogen-bond donors (Lipinski definition) is 1. The maximum absolute atomic E-state index is 13.5. The van der Waals surface area contributed by atoms with Crippen molar-refractivity contribution in [2.24, 2.45) is 0 Å². The SMILES string of the molecule is CCCCCCCNC(=O)C(F)(F)C(F)(F)C(F)(F)C(F)(F)C(F)(F)C(F)(F)Cl. The third kappa shape index (κ3) is 4.98. The molecule has 0 saturated carbocycles. The highest BCUT2D eigenvalue weighted by Gasteiger charge is 2.91. The molecule has 0 atom stereocenters. The van der Waals surface area contributed by atoms with E-state index < -0.39 is 47.4 Å². The number of halogens is 13. The molecular weight excluding hydrogens is 462 g/mol. The van der Waals surface area contributed by atoms with Crippen LogP contribution in [0.3, 0.4) is 0 Å². The molecule has 0 aromatic carbocycles. The molecule has 174 valence electrons. The third-order valence-electron chi connectivity index (χ3n) is 3.78. The van der Waals surface area contributed by atoms with Crippen LogP contribution in [0, 0.1) is 0 Å². The molecule has 0 saturated heterocycles. The zero-order chi connectivity index (χ0) is 23.5. The molecule has 0 aromatic heterocycles. The fourth-order valence-corrected chi connectivity index (χ4v) is 2.07. The lowest BCUT2D eigenvalue weighted by Crippen LogP contribution is -2.71. The standard InChI is InChI=1S/C14H16ClF12NO/c1-2-3-4-5-6-7-28-8(29)9(16,17)10(18,19)11(20,21)12(22,23)13(24,25)14(15,26)27/h2-7H2,1H3,(H,28,29). The highest BCUT2D eigenvalue weighted by atomic mass is 35.5. The van der Waals surface area contributed by atoms with E-state index in [1.807, 2.05) is 6.92 Å². The molecule has 0 aliphatic rings. The second-order valence-corrected chi connectivity index (χ2v) is 6.51. The Bertz CT molecular complexity index is 561. The van der Waals surface area contributed by atoms with E-state index in [-0.39, 0.29) is 6.42 Å². The maximum atomic E-state index is 13.5. The predicted octanol–water partition coefficient (Wildman–Crippen LogP) is 6.08. The molecule has 0 aromatic rings. The first-order chi connectivity index (χ1) is 12.7. The molecule has 0 heterocycles. The molecule has 0 aliphatic carbocycles. The highest BCUT2D eigenvalue weighted by Crippen LogP contribution is 2.60. The van der Waals surface area contributed by atoms with E-state index in [2.05, 4.69) is 11.6 Å². The quantitative estimate of drug-likeness (QED) is 0.206. The molecule has 15 heteroatoms. The molecular formula is C14H16ClF12NO. The van der Waals surface area contributed by atoms with E-state index in [0.29, 0.717) is 19.3 Å². The lowest BCUT2D eigenvalue weighted by Gasteiger charge is -2.39. The molecule has 1 amide bonds. The Balaban J connectivity index is 5.62. The zero-order valence-corrected chi connectivity index (χ0v) is 15.3. The van der Waals surface area contributed by atoms with E-state index in [1.54, 1.807) is 0 Å². The number of alkyl halides is 13. The van der Waals surface area contributed by atoms with Crippen LogP contribution in [-0.2, 0) is 4.79 Å². The van der Waals surface area contributed by atoms with Crippen molar-refractivity contribution < 1.29 is 57.5 Å². The van der Waals surface area contributed by atoms with Crippen molar-refractivity contribution in [1.82, 2.24) is 5.32 Å². The van der Waals surface area contributed by atoms with Gasteiger partial charge in [0.25, 0.3) is 5.91 Å². The average molecular weight is 478 g/mol. The summed E-state index contributed by atoms with van der Waals surface area (Å²) in [5, 5.41) is -5.42. The molecule has 0 fully saturated rings. The normalized spacial score (nSPS) is 14.8. The molecule has 0 bridgehead atoms. The van der Waals surface area contributed by atoms with E-state index >= 15 is 0 Å². The van der Waals surface area contributed by atoms with Gasteiger partial charge in [0.05, 0.1) is 0 Å². The first-order valence-electron chi connectivity index (χ1n) is 7.97. The number of nitrogens with one attached hydrogen (secondary N) is 1. The van der Waals surface area contributed by atoms with Crippen molar-refractivity contribution in [3.63, 3.8) is 0 Å². The van der Waals surface area contributed by atoms with Crippen molar-refractivity contribution in [3.05, 3.63) is 0 Å². The van der Waals surface area contributed by atoms with Gasteiger partial charge in [-0.15, -0.1) is 0 Å². The molecule has 0 aliphatic heterocycles. The minimum absolute atomic E-state index is 0.0729. The van der Waals surface area contributed by atoms with Crippen LogP contribution in [0.15, 0.2) is 0 Å². The minimum atomic E-state index is -7.80. The fraction of sp³-hybridized carbons (Fsp3) is 0.929. The Morgan fingerprint density at radius 3 is 1.52 bits per heavy atom. The molecule has 1 N–H and O–H groups in total. The summed E-state index contributed by atoms with van der Waals surface area (Å²) < 4.78 is 157. The van der Waals surface area contributed by atoms with Crippen LogP contribution in [0.4, 0.5) is 52.7 Å². The molecule has 29 heavy (non-hydrogen) atoms. The molecule has 0 radical (unpaired) electrons. The fourth-order valence-electron chi connectivity index (χ4n) is 1.95. The van der Waals surface area contributed by atoms with Crippen LogP contribution < -0.4 is 5.32 Å². The smallest absolute Gasteiger partial charge is 0.351 e. The number of amides is 1. The largest absolute Gasteiger partial charge is 0.393 e. The van der Waals surface area contributed by atoms with Crippen molar-refractivity contribution in [2.45, 2.75) is 74.0 Å². The Kier molecular flexibility index (Phi) is 8.63. The summed E-state index contributed by atoms with van der Waals surface area (Å²) in [5.74, 6) is -40.3. The van der Waals surface area contributed by atoms with E-state index in [1.165, 1.54) is 0 Å². The van der Waals surface area contributed by atoms with Gasteiger partial charge in [-0.1, -0.05) is 32.6 Å². The summed E-state index contributed by atoms with van der Waals surface area (Å²) in [4.78, 5) is 11.1. The number of hydrogen-bond acceptors (Lipinski definition) is 1. The Hall–Kier alpha value is -1.08. The summed E-state index contributed by atoms with van der Waals surface area (Å²) in [7, 11) is 0. The Morgan fingerprint density at radius 1 is 0.690 bits per heavy atom. The summed E-state index contributed by atoms with van der Waals surface area (Å²) in [6.45, 7) is 1.07. The molecule has 0 spiro atoms. The summed E-state index contributed by atoms with van der Waals surface area (Å²) in [5.41, 5.74) is 0. The van der Waals surface area contributed by atoms with Crippen LogP contribution in [0.25, 0.3) is 0 Å². The molecule has 0 unspecified atom stereocenters. The van der Waals surface area contributed by atoms with Gasteiger partial charge in [-0.25, -0.2) is 0 Å². The summed E-state index contributed by atoms with van der Waals surface area (Å²) in [6, 6.07) is 0. The van der Waals surface area contributed by atoms with Gasteiger partial charge in [-0.05, 0) is 18.0 Å². The van der Waals surface area contributed by atoms with Crippen LogP contribution in [0.2, 0.25) is 0 Å². The second-order valence-electron chi connectivity index (χ2n) is 6.04. The lowest BCUT2D eigenvalue weighted by molar-refractivity contribution is -0.411. The van der Waals surface area contributed by atoms with Crippen molar-refractivity contribution in [2.75, 3.05) is 6.54 Å².